The molecule has 0 fully saturated rings. The van der Waals surface area contributed by atoms with Crippen molar-refractivity contribution in [3.63, 3.8) is 0 Å². The number of phenolic OH excluding ortho intramolecular Hbond substituents is 1. The Morgan fingerprint density at radius 1 is 1.29 bits per heavy atom. The van der Waals surface area contributed by atoms with Crippen LogP contribution in [0.4, 0.5) is 0 Å². The van der Waals surface area contributed by atoms with E-state index >= 15 is 0 Å². The molecule has 1 aromatic rings. The van der Waals surface area contributed by atoms with Crippen molar-refractivity contribution >= 4 is 0 Å². The number of hydrogen-bond donors (Lipinski definition) is 2. The molecule has 0 saturated heterocycles. The zero-order valence-corrected chi connectivity index (χ0v) is 13.4. The average Bonchev–Trinajstić information content (AvgIpc) is 2.49. The molecule has 0 aromatic heterocycles. The lowest BCUT2D eigenvalue weighted by Gasteiger charge is -2.44. The summed E-state index contributed by atoms with van der Waals surface area (Å²) in [6.07, 6.45) is 2.96. The highest BCUT2D eigenvalue weighted by Gasteiger charge is 2.48. The lowest BCUT2D eigenvalue weighted by Crippen LogP contribution is -2.76. The molecule has 0 spiro atoms. The number of methoxy groups -OCH3 is 1. The second-order valence-corrected chi connectivity index (χ2v) is 5.92. The van der Waals surface area contributed by atoms with Gasteiger partial charge in [0.25, 0.3) is 0 Å². The number of fused-ring (bicyclic) bond motifs is 1. The lowest BCUT2D eigenvalue weighted by molar-refractivity contribution is -0.460. The second-order valence-electron chi connectivity index (χ2n) is 5.92. The van der Waals surface area contributed by atoms with Crippen LogP contribution in [-0.4, -0.2) is 37.6 Å². The third kappa shape index (κ3) is 2.93. The van der Waals surface area contributed by atoms with Crippen LogP contribution >= 0.6 is 0 Å². The summed E-state index contributed by atoms with van der Waals surface area (Å²) in [5.41, 5.74) is 6.94. The van der Waals surface area contributed by atoms with Crippen LogP contribution in [0.5, 0.6) is 5.75 Å². The first-order valence-electron chi connectivity index (χ1n) is 7.85. The molecule has 118 valence electrons. The maximum Gasteiger partial charge on any atom is 0.121 e. The standard InChI is InChI=1S/C17H27NO3/c1-4-17(5-2)14-11-13(19)7-6-12(14)10-15(16(17)18)21-9-8-20-3/h6-7,11,15-16,19H,4-5,8-10,18H2,1-3H3/p+1. The maximum atomic E-state index is 9.87. The van der Waals surface area contributed by atoms with E-state index in [1.807, 2.05) is 12.1 Å². The van der Waals surface area contributed by atoms with Crippen LogP contribution in [0.3, 0.4) is 0 Å². The summed E-state index contributed by atoms with van der Waals surface area (Å²) in [7, 11) is 1.69. The highest BCUT2D eigenvalue weighted by molar-refractivity contribution is 5.44. The number of ether oxygens (including phenoxy) is 2. The van der Waals surface area contributed by atoms with E-state index in [9.17, 15) is 5.11 Å². The Bertz CT molecular complexity index is 471. The molecule has 0 bridgehead atoms. The minimum absolute atomic E-state index is 0.0237. The van der Waals surface area contributed by atoms with Gasteiger partial charge in [0.15, 0.2) is 0 Å². The Hall–Kier alpha value is -1.10. The summed E-state index contributed by atoms with van der Waals surface area (Å²) in [6, 6.07) is 5.90. The van der Waals surface area contributed by atoms with Gasteiger partial charge in [-0.15, -0.1) is 0 Å². The van der Waals surface area contributed by atoms with E-state index in [1.54, 1.807) is 13.2 Å². The van der Waals surface area contributed by atoms with Crippen LogP contribution in [0.25, 0.3) is 0 Å². The topological polar surface area (TPSA) is 66.3 Å². The summed E-state index contributed by atoms with van der Waals surface area (Å²) in [5, 5.41) is 9.87. The molecule has 0 radical (unpaired) electrons. The molecular weight excluding hydrogens is 266 g/mol. The van der Waals surface area contributed by atoms with Crippen LogP contribution in [0.1, 0.15) is 37.8 Å². The van der Waals surface area contributed by atoms with Crippen molar-refractivity contribution in [2.75, 3.05) is 20.3 Å². The molecule has 0 aliphatic heterocycles. The van der Waals surface area contributed by atoms with Crippen molar-refractivity contribution in [3.05, 3.63) is 29.3 Å². The van der Waals surface area contributed by atoms with Gasteiger partial charge in [-0.05, 0) is 36.1 Å². The fourth-order valence-corrected chi connectivity index (χ4v) is 3.73. The fourth-order valence-electron chi connectivity index (χ4n) is 3.73. The Morgan fingerprint density at radius 3 is 2.62 bits per heavy atom. The molecule has 1 aliphatic carbocycles. The largest absolute Gasteiger partial charge is 0.508 e. The third-order valence-electron chi connectivity index (χ3n) is 5.09. The zero-order chi connectivity index (χ0) is 15.5. The number of rotatable bonds is 6. The zero-order valence-electron chi connectivity index (χ0n) is 13.4. The highest BCUT2D eigenvalue weighted by Crippen LogP contribution is 2.43. The minimum atomic E-state index is -0.0237. The predicted octanol–water partition coefficient (Wildman–Crippen LogP) is 1.65. The fraction of sp³-hybridized carbons (Fsp3) is 0.647. The normalized spacial score (nSPS) is 23.8. The number of benzene rings is 1. The molecule has 1 aliphatic rings. The molecule has 2 rings (SSSR count). The number of quaternary nitrogens is 1. The van der Waals surface area contributed by atoms with Crippen molar-refractivity contribution < 1.29 is 20.3 Å². The van der Waals surface area contributed by atoms with E-state index < -0.39 is 0 Å². The van der Waals surface area contributed by atoms with Crippen molar-refractivity contribution in [1.82, 2.24) is 0 Å². The van der Waals surface area contributed by atoms with Gasteiger partial charge in [0.2, 0.25) is 0 Å². The SMILES string of the molecule is CCC1(CC)c2cc(O)ccc2CC(OCCOC)C1[NH3+]. The van der Waals surface area contributed by atoms with Crippen molar-refractivity contribution in [2.45, 2.75) is 50.7 Å². The van der Waals surface area contributed by atoms with Gasteiger partial charge in [0.1, 0.15) is 17.9 Å². The number of phenols is 1. The van der Waals surface area contributed by atoms with Gasteiger partial charge < -0.3 is 20.3 Å². The van der Waals surface area contributed by atoms with Gasteiger partial charge >= 0.3 is 0 Å². The first-order chi connectivity index (χ1) is 10.1. The molecule has 2 unspecified atom stereocenters. The molecule has 4 nitrogen and oxygen atoms in total. The Labute approximate surface area is 127 Å². The van der Waals surface area contributed by atoms with E-state index in [1.165, 1.54) is 11.1 Å². The molecule has 0 heterocycles. The van der Waals surface area contributed by atoms with Gasteiger partial charge in [0.05, 0.1) is 13.2 Å². The Morgan fingerprint density at radius 2 is 2.00 bits per heavy atom. The van der Waals surface area contributed by atoms with E-state index in [0.29, 0.717) is 19.0 Å². The smallest absolute Gasteiger partial charge is 0.121 e. The summed E-state index contributed by atoms with van der Waals surface area (Å²) < 4.78 is 11.1. The van der Waals surface area contributed by atoms with Crippen LogP contribution < -0.4 is 5.73 Å². The van der Waals surface area contributed by atoms with Crippen LogP contribution in [0, 0.1) is 0 Å². The third-order valence-corrected chi connectivity index (χ3v) is 5.09. The summed E-state index contributed by atoms with van der Waals surface area (Å²) in [6.45, 7) is 5.61. The molecular formula is C17H28NO3+. The van der Waals surface area contributed by atoms with E-state index in [0.717, 1.165) is 19.3 Å². The highest BCUT2D eigenvalue weighted by atomic mass is 16.5. The van der Waals surface area contributed by atoms with E-state index in [4.69, 9.17) is 9.47 Å². The van der Waals surface area contributed by atoms with Crippen LogP contribution in [0.15, 0.2) is 18.2 Å². The van der Waals surface area contributed by atoms with Gasteiger partial charge in [-0.2, -0.15) is 0 Å². The number of hydrogen-bond acceptors (Lipinski definition) is 3. The molecule has 4 heteroatoms. The number of aromatic hydroxyl groups is 1. The van der Waals surface area contributed by atoms with Crippen molar-refractivity contribution in [1.29, 1.82) is 0 Å². The Balaban J connectivity index is 2.36. The van der Waals surface area contributed by atoms with Gasteiger partial charge in [-0.1, -0.05) is 19.9 Å². The maximum absolute atomic E-state index is 9.87. The summed E-state index contributed by atoms with van der Waals surface area (Å²) in [4.78, 5) is 0. The minimum Gasteiger partial charge on any atom is -0.508 e. The Kier molecular flexibility index (Phi) is 5.25. The first kappa shape index (κ1) is 16.3. The van der Waals surface area contributed by atoms with E-state index in [-0.39, 0.29) is 17.6 Å². The summed E-state index contributed by atoms with van der Waals surface area (Å²) in [5.74, 6) is 0.339. The van der Waals surface area contributed by atoms with Crippen molar-refractivity contribution in [2.24, 2.45) is 0 Å². The van der Waals surface area contributed by atoms with Crippen LogP contribution in [0.2, 0.25) is 0 Å². The second kappa shape index (κ2) is 6.77. The quantitative estimate of drug-likeness (QED) is 0.784. The molecule has 2 atom stereocenters. The molecule has 0 amide bonds. The lowest BCUT2D eigenvalue weighted by atomic mass is 9.63. The van der Waals surface area contributed by atoms with Gasteiger partial charge in [0, 0.05) is 18.9 Å². The van der Waals surface area contributed by atoms with Gasteiger partial charge in [-0.25, -0.2) is 0 Å². The molecule has 4 N–H and O–H groups in total. The monoisotopic (exact) mass is 294 g/mol. The van der Waals surface area contributed by atoms with Crippen molar-refractivity contribution in [3.8, 4) is 5.75 Å². The van der Waals surface area contributed by atoms with Gasteiger partial charge in [-0.3, -0.25) is 0 Å². The summed E-state index contributed by atoms with van der Waals surface area (Å²) >= 11 is 0. The molecule has 21 heavy (non-hydrogen) atoms. The average molecular weight is 294 g/mol. The molecule has 1 aromatic carbocycles. The first-order valence-corrected chi connectivity index (χ1v) is 7.85. The molecule has 0 saturated carbocycles. The predicted molar refractivity (Wildman–Crippen MR) is 82.4 cm³/mol. The van der Waals surface area contributed by atoms with Crippen LogP contribution in [-0.2, 0) is 21.3 Å². The van der Waals surface area contributed by atoms with E-state index in [2.05, 4.69) is 19.6 Å².